The van der Waals surface area contributed by atoms with E-state index in [-0.39, 0.29) is 6.04 Å². The zero-order valence-corrected chi connectivity index (χ0v) is 11.1. The molecule has 0 radical (unpaired) electrons. The van der Waals surface area contributed by atoms with Crippen LogP contribution in [0.4, 0.5) is 4.79 Å². The fraction of sp³-hybridized carbons (Fsp3) is 0.700. The Morgan fingerprint density at radius 1 is 1.65 bits per heavy atom. The minimum Gasteiger partial charge on any atom is -0.444 e. The average Bonchev–Trinajstić information content (AvgIpc) is 2.66. The number of aromatic nitrogens is 2. The molecule has 1 aromatic rings. The van der Waals surface area contributed by atoms with Crippen molar-refractivity contribution in [1.29, 1.82) is 0 Å². The summed E-state index contributed by atoms with van der Waals surface area (Å²) in [4.78, 5) is 11.5. The van der Waals surface area contributed by atoms with Crippen molar-refractivity contribution in [2.75, 3.05) is 6.54 Å². The molecule has 1 heterocycles. The first kappa shape index (κ1) is 13.9. The maximum Gasteiger partial charge on any atom is 0.407 e. The Kier molecular flexibility index (Phi) is 4.83. The molecule has 1 atom stereocenters. The van der Waals surface area contributed by atoms with E-state index < -0.39 is 11.7 Å². The predicted octanol–water partition coefficient (Wildman–Crippen LogP) is 0.933. The minimum atomic E-state index is -0.509. The van der Waals surface area contributed by atoms with Crippen LogP contribution in [0.15, 0.2) is 5.38 Å². The summed E-state index contributed by atoms with van der Waals surface area (Å²) in [5, 5.41) is 8.45. The van der Waals surface area contributed by atoms with Crippen LogP contribution in [0.5, 0.6) is 0 Å². The average molecular weight is 258 g/mol. The van der Waals surface area contributed by atoms with E-state index in [1.807, 2.05) is 26.2 Å². The summed E-state index contributed by atoms with van der Waals surface area (Å²) in [7, 11) is 0. The van der Waals surface area contributed by atoms with E-state index in [1.54, 1.807) is 0 Å². The maximum atomic E-state index is 11.5. The van der Waals surface area contributed by atoms with Crippen molar-refractivity contribution in [3.05, 3.63) is 11.1 Å². The third kappa shape index (κ3) is 5.60. The van der Waals surface area contributed by atoms with Gasteiger partial charge in [0.15, 0.2) is 0 Å². The molecular weight excluding hydrogens is 240 g/mol. The van der Waals surface area contributed by atoms with Gasteiger partial charge in [-0.2, -0.15) is 0 Å². The van der Waals surface area contributed by atoms with Crippen LogP contribution in [0.2, 0.25) is 0 Å². The van der Waals surface area contributed by atoms with Gasteiger partial charge in [-0.3, -0.25) is 0 Å². The number of carbonyl (C=O) groups is 1. The SMILES string of the molecule is CC(C)(C)OC(=O)NC(CN)Cc1csnn1. The Labute approximate surface area is 105 Å². The molecule has 3 N–H and O–H groups in total. The van der Waals surface area contributed by atoms with Crippen LogP contribution in [0.25, 0.3) is 0 Å². The van der Waals surface area contributed by atoms with Gasteiger partial charge >= 0.3 is 6.09 Å². The molecule has 0 aliphatic carbocycles. The van der Waals surface area contributed by atoms with Gasteiger partial charge in [0.25, 0.3) is 0 Å². The van der Waals surface area contributed by atoms with Crippen molar-refractivity contribution in [2.45, 2.75) is 38.8 Å². The molecule has 0 saturated carbocycles. The van der Waals surface area contributed by atoms with Crippen LogP contribution in [-0.4, -0.2) is 33.9 Å². The highest BCUT2D eigenvalue weighted by Crippen LogP contribution is 2.07. The molecule has 6 nitrogen and oxygen atoms in total. The van der Waals surface area contributed by atoms with Crippen LogP contribution >= 0.6 is 11.5 Å². The smallest absolute Gasteiger partial charge is 0.407 e. The van der Waals surface area contributed by atoms with E-state index in [1.165, 1.54) is 11.5 Å². The van der Waals surface area contributed by atoms with E-state index >= 15 is 0 Å². The van der Waals surface area contributed by atoms with Crippen LogP contribution in [0.3, 0.4) is 0 Å². The molecule has 0 aromatic carbocycles. The van der Waals surface area contributed by atoms with Gasteiger partial charge in [-0.05, 0) is 32.3 Å². The summed E-state index contributed by atoms with van der Waals surface area (Å²) in [6.07, 6.45) is 0.0998. The molecule has 0 fully saturated rings. The topological polar surface area (TPSA) is 90.1 Å². The lowest BCUT2D eigenvalue weighted by Gasteiger charge is -2.22. The molecule has 1 amide bonds. The second kappa shape index (κ2) is 5.92. The summed E-state index contributed by atoms with van der Waals surface area (Å²) < 4.78 is 8.91. The number of amides is 1. The first-order chi connectivity index (χ1) is 7.90. The standard InChI is InChI=1S/C10H18N4O2S/c1-10(2,3)16-9(15)12-7(5-11)4-8-6-17-14-13-8/h6-7H,4-5,11H2,1-3H3,(H,12,15). The quantitative estimate of drug-likeness (QED) is 0.838. The van der Waals surface area contributed by atoms with E-state index in [4.69, 9.17) is 10.5 Å². The lowest BCUT2D eigenvalue weighted by molar-refractivity contribution is 0.0506. The molecule has 0 bridgehead atoms. The highest BCUT2D eigenvalue weighted by molar-refractivity contribution is 7.03. The number of ether oxygens (including phenoxy) is 1. The normalized spacial score (nSPS) is 13.2. The number of hydrogen-bond acceptors (Lipinski definition) is 6. The van der Waals surface area contributed by atoms with Gasteiger partial charge in [-0.15, -0.1) is 5.10 Å². The minimum absolute atomic E-state index is 0.186. The molecule has 1 unspecified atom stereocenters. The lowest BCUT2D eigenvalue weighted by Crippen LogP contribution is -2.44. The highest BCUT2D eigenvalue weighted by atomic mass is 32.1. The third-order valence-electron chi connectivity index (χ3n) is 1.87. The Morgan fingerprint density at radius 3 is 2.82 bits per heavy atom. The molecule has 96 valence electrons. The molecule has 7 heteroatoms. The van der Waals surface area contributed by atoms with Crippen LogP contribution < -0.4 is 11.1 Å². The largest absolute Gasteiger partial charge is 0.444 e. The summed E-state index contributed by atoms with van der Waals surface area (Å²) in [6, 6.07) is -0.186. The Bertz CT molecular complexity index is 348. The number of nitrogens with two attached hydrogens (primary N) is 1. The number of nitrogens with zero attached hydrogens (tertiary/aromatic N) is 2. The van der Waals surface area contributed by atoms with Crippen molar-refractivity contribution < 1.29 is 9.53 Å². The number of rotatable bonds is 4. The second-order valence-electron chi connectivity index (χ2n) is 4.68. The molecule has 0 aliphatic rings. The fourth-order valence-corrected chi connectivity index (χ4v) is 1.66. The Balaban J connectivity index is 2.44. The molecule has 0 aliphatic heterocycles. The van der Waals surface area contributed by atoms with Crippen LogP contribution in [0.1, 0.15) is 26.5 Å². The maximum absolute atomic E-state index is 11.5. The number of hydrogen-bond donors (Lipinski definition) is 2. The number of alkyl carbamates (subject to hydrolysis) is 1. The van der Waals surface area contributed by atoms with Crippen molar-refractivity contribution >= 4 is 17.6 Å². The van der Waals surface area contributed by atoms with Gasteiger partial charge in [0.2, 0.25) is 0 Å². The predicted molar refractivity (Wildman–Crippen MR) is 65.8 cm³/mol. The fourth-order valence-electron chi connectivity index (χ4n) is 1.19. The third-order valence-corrected chi connectivity index (χ3v) is 2.42. The summed E-state index contributed by atoms with van der Waals surface area (Å²) in [6.45, 7) is 5.77. The van der Waals surface area contributed by atoms with Crippen LogP contribution in [-0.2, 0) is 11.2 Å². The summed E-state index contributed by atoms with van der Waals surface area (Å²) in [5.74, 6) is 0. The van der Waals surface area contributed by atoms with Crippen molar-refractivity contribution in [3.8, 4) is 0 Å². The first-order valence-corrected chi connectivity index (χ1v) is 6.20. The van der Waals surface area contributed by atoms with E-state index in [2.05, 4.69) is 14.9 Å². The number of carbonyl (C=O) groups excluding carboxylic acids is 1. The van der Waals surface area contributed by atoms with E-state index in [0.717, 1.165) is 5.69 Å². The number of nitrogens with one attached hydrogen (secondary N) is 1. The molecule has 1 aromatic heterocycles. The molecule has 17 heavy (non-hydrogen) atoms. The molecule has 0 spiro atoms. The van der Waals surface area contributed by atoms with Gasteiger partial charge in [-0.1, -0.05) is 4.49 Å². The van der Waals surface area contributed by atoms with Gasteiger partial charge in [0, 0.05) is 18.3 Å². The van der Waals surface area contributed by atoms with Crippen molar-refractivity contribution in [1.82, 2.24) is 14.9 Å². The monoisotopic (exact) mass is 258 g/mol. The molecular formula is C10H18N4O2S. The van der Waals surface area contributed by atoms with Crippen LogP contribution in [0, 0.1) is 0 Å². The second-order valence-corrected chi connectivity index (χ2v) is 5.29. The summed E-state index contributed by atoms with van der Waals surface area (Å²) in [5.41, 5.74) is 5.90. The van der Waals surface area contributed by atoms with Crippen molar-refractivity contribution in [2.24, 2.45) is 5.73 Å². The van der Waals surface area contributed by atoms with Gasteiger partial charge in [0.05, 0.1) is 11.7 Å². The zero-order chi connectivity index (χ0) is 12.9. The van der Waals surface area contributed by atoms with Crippen molar-refractivity contribution in [3.63, 3.8) is 0 Å². The lowest BCUT2D eigenvalue weighted by atomic mass is 10.2. The highest BCUT2D eigenvalue weighted by Gasteiger charge is 2.19. The Morgan fingerprint density at radius 2 is 2.35 bits per heavy atom. The van der Waals surface area contributed by atoms with Gasteiger partial charge < -0.3 is 15.8 Å². The molecule has 1 rings (SSSR count). The summed E-state index contributed by atoms with van der Waals surface area (Å²) >= 11 is 1.28. The van der Waals surface area contributed by atoms with Gasteiger partial charge in [-0.25, -0.2) is 4.79 Å². The zero-order valence-electron chi connectivity index (χ0n) is 10.3. The van der Waals surface area contributed by atoms with E-state index in [0.29, 0.717) is 13.0 Å². The van der Waals surface area contributed by atoms with E-state index in [9.17, 15) is 4.79 Å². The molecule has 0 saturated heterocycles. The van der Waals surface area contributed by atoms with Gasteiger partial charge in [0.1, 0.15) is 5.60 Å². The Hall–Kier alpha value is -1.21. The first-order valence-electron chi connectivity index (χ1n) is 5.36.